The maximum atomic E-state index is 10.3. The molecule has 0 spiro atoms. The van der Waals surface area contributed by atoms with Crippen molar-refractivity contribution in [1.29, 1.82) is 0 Å². The molecule has 0 amide bonds. The molecule has 2 heterocycles. The summed E-state index contributed by atoms with van der Waals surface area (Å²) in [5.41, 5.74) is 0. The van der Waals surface area contributed by atoms with E-state index >= 15 is 0 Å². The lowest BCUT2D eigenvalue weighted by Crippen LogP contribution is -2.47. The highest BCUT2D eigenvalue weighted by Crippen LogP contribution is 2.40. The number of hydrogen-bond donors (Lipinski definition) is 1. The number of nitrogens with zero attached hydrogens (tertiary/aromatic N) is 1. The van der Waals surface area contributed by atoms with Gasteiger partial charge in [0.15, 0.2) is 5.79 Å². The summed E-state index contributed by atoms with van der Waals surface area (Å²) in [4.78, 5) is 5.65. The fourth-order valence-corrected chi connectivity index (χ4v) is 3.08. The Morgan fingerprint density at radius 1 is 1.25 bits per heavy atom. The van der Waals surface area contributed by atoms with E-state index in [0.717, 1.165) is 12.8 Å². The van der Waals surface area contributed by atoms with Crippen LogP contribution in [-0.2, 0) is 14.3 Å². The highest BCUT2D eigenvalue weighted by atomic mass is 16.8. The molecule has 3 rings (SSSR count). The van der Waals surface area contributed by atoms with Crippen molar-refractivity contribution in [1.82, 2.24) is 5.06 Å². The van der Waals surface area contributed by atoms with E-state index in [2.05, 4.69) is 0 Å². The zero-order chi connectivity index (χ0) is 11.5. The Labute approximate surface area is 95.2 Å². The molecule has 2 bridgehead atoms. The van der Waals surface area contributed by atoms with Crippen molar-refractivity contribution in [2.45, 2.75) is 62.9 Å². The predicted octanol–water partition coefficient (Wildman–Crippen LogP) is 0.275. The van der Waals surface area contributed by atoms with Crippen LogP contribution in [0.2, 0.25) is 0 Å². The number of aliphatic hydroxyl groups is 1. The number of likely N-dealkylation sites (N-methyl/N-ethyl adjacent to an activating group) is 1. The third-order valence-corrected chi connectivity index (χ3v) is 3.73. The Bertz CT molecular complexity index is 296. The highest BCUT2D eigenvalue weighted by Gasteiger charge is 2.53. The molecule has 5 atom stereocenters. The van der Waals surface area contributed by atoms with Crippen LogP contribution in [0.5, 0.6) is 0 Å². The Kier molecular flexibility index (Phi) is 2.32. The molecule has 5 nitrogen and oxygen atoms in total. The quantitative estimate of drug-likeness (QED) is 0.646. The van der Waals surface area contributed by atoms with Crippen molar-refractivity contribution in [3.05, 3.63) is 0 Å². The van der Waals surface area contributed by atoms with Crippen molar-refractivity contribution < 1.29 is 19.4 Å². The van der Waals surface area contributed by atoms with Crippen molar-refractivity contribution >= 4 is 0 Å². The molecule has 0 unspecified atom stereocenters. The minimum absolute atomic E-state index is 0.0255. The first-order valence-corrected chi connectivity index (χ1v) is 5.89. The number of aliphatic hydroxyl groups excluding tert-OH is 1. The fraction of sp³-hybridized carbons (Fsp3) is 1.00. The highest BCUT2D eigenvalue weighted by molar-refractivity contribution is 4.99. The summed E-state index contributed by atoms with van der Waals surface area (Å²) in [6, 6.07) is 0.0255. The van der Waals surface area contributed by atoms with E-state index in [9.17, 15) is 5.11 Å². The summed E-state index contributed by atoms with van der Waals surface area (Å²) in [6.45, 7) is 3.78. The molecule has 5 heteroatoms. The van der Waals surface area contributed by atoms with E-state index in [1.165, 1.54) is 0 Å². The van der Waals surface area contributed by atoms with Gasteiger partial charge >= 0.3 is 0 Å². The first-order valence-electron chi connectivity index (χ1n) is 5.89. The van der Waals surface area contributed by atoms with Gasteiger partial charge in [-0.25, -0.2) is 0 Å². The van der Waals surface area contributed by atoms with Crippen LogP contribution in [0.3, 0.4) is 0 Å². The van der Waals surface area contributed by atoms with Gasteiger partial charge in [-0.2, -0.15) is 5.06 Å². The third kappa shape index (κ3) is 1.58. The van der Waals surface area contributed by atoms with Crippen LogP contribution in [0.4, 0.5) is 0 Å². The van der Waals surface area contributed by atoms with Crippen molar-refractivity contribution in [3.63, 3.8) is 0 Å². The molecular weight excluding hydrogens is 210 g/mol. The SMILES string of the molecule is CN1O[C@H]2C[C@H]3OC(C)(C)O[C@@H]3[C@H](O)[C@@H]1C2. The molecule has 0 aromatic rings. The maximum Gasteiger partial charge on any atom is 0.163 e. The summed E-state index contributed by atoms with van der Waals surface area (Å²) in [6.07, 6.45) is 0.996. The topological polar surface area (TPSA) is 51.2 Å². The second kappa shape index (κ2) is 3.40. The summed E-state index contributed by atoms with van der Waals surface area (Å²) in [5, 5.41) is 12.1. The van der Waals surface area contributed by atoms with E-state index in [4.69, 9.17) is 14.3 Å². The maximum absolute atomic E-state index is 10.3. The van der Waals surface area contributed by atoms with Crippen molar-refractivity contribution in [2.24, 2.45) is 0 Å². The van der Waals surface area contributed by atoms with E-state index in [-0.39, 0.29) is 24.4 Å². The van der Waals surface area contributed by atoms with Gasteiger partial charge < -0.3 is 14.6 Å². The summed E-state index contributed by atoms with van der Waals surface area (Å²) >= 11 is 0. The average molecular weight is 229 g/mol. The van der Waals surface area contributed by atoms with Gasteiger partial charge in [-0.05, 0) is 20.3 Å². The minimum Gasteiger partial charge on any atom is -0.389 e. The monoisotopic (exact) mass is 229 g/mol. The number of hydrogen-bond acceptors (Lipinski definition) is 5. The second-order valence-corrected chi connectivity index (χ2v) is 5.44. The molecule has 1 N–H and O–H groups in total. The Morgan fingerprint density at radius 3 is 2.75 bits per heavy atom. The molecule has 3 fully saturated rings. The zero-order valence-electron chi connectivity index (χ0n) is 9.92. The molecule has 1 saturated carbocycles. The van der Waals surface area contributed by atoms with Crippen molar-refractivity contribution in [3.8, 4) is 0 Å². The second-order valence-electron chi connectivity index (χ2n) is 5.44. The van der Waals surface area contributed by atoms with Gasteiger partial charge in [-0.3, -0.25) is 4.84 Å². The van der Waals surface area contributed by atoms with Crippen LogP contribution >= 0.6 is 0 Å². The number of ether oxygens (including phenoxy) is 2. The molecule has 2 saturated heterocycles. The predicted molar refractivity (Wildman–Crippen MR) is 55.5 cm³/mol. The largest absolute Gasteiger partial charge is 0.389 e. The van der Waals surface area contributed by atoms with E-state index in [1.807, 2.05) is 20.9 Å². The van der Waals surface area contributed by atoms with E-state index in [0.29, 0.717) is 0 Å². The molecule has 3 aliphatic rings. The van der Waals surface area contributed by atoms with Crippen LogP contribution in [0.25, 0.3) is 0 Å². The van der Waals surface area contributed by atoms with Gasteiger partial charge in [0.1, 0.15) is 12.2 Å². The summed E-state index contributed by atoms with van der Waals surface area (Å²) < 4.78 is 11.6. The first-order chi connectivity index (χ1) is 7.46. The van der Waals surface area contributed by atoms with Crippen LogP contribution in [0.1, 0.15) is 26.7 Å². The van der Waals surface area contributed by atoms with Crippen LogP contribution in [0, 0.1) is 0 Å². The Hall–Kier alpha value is -0.200. The smallest absolute Gasteiger partial charge is 0.163 e. The molecule has 92 valence electrons. The van der Waals surface area contributed by atoms with E-state index in [1.54, 1.807) is 5.06 Å². The lowest BCUT2D eigenvalue weighted by molar-refractivity contribution is -0.187. The lowest BCUT2D eigenvalue weighted by atomic mass is 10.0. The molecule has 2 aliphatic heterocycles. The van der Waals surface area contributed by atoms with E-state index < -0.39 is 11.9 Å². The molecule has 0 aromatic carbocycles. The Morgan fingerprint density at radius 2 is 2.00 bits per heavy atom. The van der Waals surface area contributed by atoms with Crippen molar-refractivity contribution in [2.75, 3.05) is 7.05 Å². The van der Waals surface area contributed by atoms with Gasteiger partial charge in [0.25, 0.3) is 0 Å². The molecule has 0 radical (unpaired) electrons. The molecular formula is C11H19NO4. The molecule has 16 heavy (non-hydrogen) atoms. The van der Waals surface area contributed by atoms with Gasteiger partial charge in [-0.1, -0.05) is 0 Å². The Balaban J connectivity index is 1.85. The summed E-state index contributed by atoms with van der Waals surface area (Å²) in [5.74, 6) is -0.592. The minimum atomic E-state index is -0.592. The third-order valence-electron chi connectivity index (χ3n) is 3.73. The number of hydroxylamine groups is 2. The summed E-state index contributed by atoms with van der Waals surface area (Å²) in [7, 11) is 1.87. The van der Waals surface area contributed by atoms with Gasteiger partial charge in [-0.15, -0.1) is 0 Å². The van der Waals surface area contributed by atoms with Crippen LogP contribution in [0.15, 0.2) is 0 Å². The molecule has 1 aliphatic carbocycles. The number of fused-ring (bicyclic) bond motifs is 3. The van der Waals surface area contributed by atoms with Crippen LogP contribution in [-0.4, -0.2) is 53.5 Å². The van der Waals surface area contributed by atoms with Gasteiger partial charge in [0.05, 0.1) is 18.2 Å². The normalized spacial score (nSPS) is 51.4. The first kappa shape index (κ1) is 10.9. The zero-order valence-corrected chi connectivity index (χ0v) is 9.92. The van der Waals surface area contributed by atoms with Crippen LogP contribution < -0.4 is 0 Å². The molecule has 0 aromatic heterocycles. The van der Waals surface area contributed by atoms with Gasteiger partial charge in [0.2, 0.25) is 0 Å². The number of rotatable bonds is 0. The standard InChI is InChI=1S/C11H19NO4/c1-11(2)14-8-5-6-4-7(12(3)16-6)9(13)10(8)15-11/h6-10,13H,4-5H2,1-3H3/t6-,7+,8-,9-,10+/m1/s1. The van der Waals surface area contributed by atoms with Gasteiger partial charge in [0, 0.05) is 13.5 Å². The fourth-order valence-electron chi connectivity index (χ4n) is 3.08. The lowest BCUT2D eigenvalue weighted by Gasteiger charge is -2.30. The average Bonchev–Trinajstić information content (AvgIpc) is 2.63.